The molecule has 1 N–H and O–H groups in total. The minimum Gasteiger partial charge on any atom is -0.450 e. The lowest BCUT2D eigenvalue weighted by Crippen LogP contribution is -2.05. The molecule has 0 aliphatic heterocycles. The summed E-state index contributed by atoms with van der Waals surface area (Å²) in [4.78, 5) is 10.3. The smallest absolute Gasteiger partial charge is 0.450 e. The molecule has 0 bridgehead atoms. The molecule has 3 nitrogen and oxygen atoms in total. The third-order valence-electron chi connectivity index (χ3n) is 1.49. The Morgan fingerprint density at radius 2 is 2.08 bits per heavy atom. The van der Waals surface area contributed by atoms with E-state index in [0.717, 1.165) is 5.56 Å². The zero-order valence-corrected chi connectivity index (χ0v) is 7.95. The molecule has 1 rings (SSSR count). The molecular formula is C9H10O3S. The average Bonchev–Trinajstić information content (AvgIpc) is 2.15. The summed E-state index contributed by atoms with van der Waals surface area (Å²) in [5, 5.41) is 8.44. The Morgan fingerprint density at radius 3 is 2.54 bits per heavy atom. The first-order valence-electron chi connectivity index (χ1n) is 3.71. The van der Waals surface area contributed by atoms with E-state index in [0.29, 0.717) is 0 Å². The van der Waals surface area contributed by atoms with E-state index in [9.17, 15) is 4.79 Å². The Balaban J connectivity index is 2.73. The highest BCUT2D eigenvalue weighted by atomic mass is 32.2. The summed E-state index contributed by atoms with van der Waals surface area (Å²) in [6.07, 6.45) is 0.559. The molecule has 0 saturated carbocycles. The molecule has 0 spiro atoms. The molecule has 0 amide bonds. The van der Waals surface area contributed by atoms with Crippen LogP contribution in [0, 0.1) is 0 Å². The maximum absolute atomic E-state index is 10.3. The predicted molar refractivity (Wildman–Crippen MR) is 51.8 cm³/mol. The Labute approximate surface area is 80.7 Å². The minimum atomic E-state index is -1.25. The Morgan fingerprint density at radius 1 is 1.46 bits per heavy atom. The predicted octanol–water partition coefficient (Wildman–Crippen LogP) is 2.74. The Bertz CT molecular complexity index is 273. The van der Waals surface area contributed by atoms with E-state index in [1.54, 1.807) is 6.26 Å². The van der Waals surface area contributed by atoms with E-state index in [1.165, 1.54) is 11.8 Å². The number of thioether (sulfide) groups is 1. The van der Waals surface area contributed by atoms with E-state index in [1.807, 2.05) is 30.3 Å². The fourth-order valence-corrected chi connectivity index (χ4v) is 1.56. The van der Waals surface area contributed by atoms with Gasteiger partial charge in [-0.15, -0.1) is 11.8 Å². The van der Waals surface area contributed by atoms with Gasteiger partial charge in [0.15, 0.2) is 5.44 Å². The van der Waals surface area contributed by atoms with Crippen LogP contribution in [0.15, 0.2) is 30.3 Å². The lowest BCUT2D eigenvalue weighted by Gasteiger charge is -2.12. The molecule has 0 saturated heterocycles. The van der Waals surface area contributed by atoms with Gasteiger partial charge in [-0.05, 0) is 6.26 Å². The monoisotopic (exact) mass is 198 g/mol. The molecule has 1 atom stereocenters. The van der Waals surface area contributed by atoms with Crippen molar-refractivity contribution < 1.29 is 14.6 Å². The van der Waals surface area contributed by atoms with Crippen LogP contribution in [-0.2, 0) is 4.74 Å². The molecule has 0 aromatic heterocycles. The third-order valence-corrected chi connectivity index (χ3v) is 2.29. The number of carbonyl (C=O) groups is 1. The quantitative estimate of drug-likeness (QED) is 0.599. The van der Waals surface area contributed by atoms with Crippen LogP contribution in [0.2, 0.25) is 0 Å². The molecule has 0 radical (unpaired) electrons. The van der Waals surface area contributed by atoms with E-state index in [-0.39, 0.29) is 0 Å². The highest BCUT2D eigenvalue weighted by molar-refractivity contribution is 7.98. The first kappa shape index (κ1) is 9.92. The van der Waals surface area contributed by atoms with Crippen LogP contribution < -0.4 is 0 Å². The van der Waals surface area contributed by atoms with Crippen molar-refractivity contribution in [2.75, 3.05) is 6.26 Å². The van der Waals surface area contributed by atoms with Gasteiger partial charge in [0.1, 0.15) is 0 Å². The zero-order valence-electron chi connectivity index (χ0n) is 7.14. The topological polar surface area (TPSA) is 46.5 Å². The molecule has 0 aliphatic carbocycles. The molecule has 1 aromatic carbocycles. The maximum atomic E-state index is 10.3. The van der Waals surface area contributed by atoms with E-state index in [2.05, 4.69) is 4.74 Å². The van der Waals surface area contributed by atoms with Crippen molar-refractivity contribution in [1.82, 2.24) is 0 Å². The number of carboxylic acid groups (broad SMARTS) is 1. The number of rotatable bonds is 3. The molecule has 0 fully saturated rings. The summed E-state index contributed by atoms with van der Waals surface area (Å²) in [6, 6.07) is 9.25. The fraction of sp³-hybridized carbons (Fsp3) is 0.222. The summed E-state index contributed by atoms with van der Waals surface area (Å²) in [5.41, 5.74) is 0.427. The number of ether oxygens (including phenoxy) is 1. The molecule has 4 heteroatoms. The lowest BCUT2D eigenvalue weighted by molar-refractivity contribution is 0.0822. The second-order valence-corrected chi connectivity index (χ2v) is 3.26. The van der Waals surface area contributed by atoms with E-state index < -0.39 is 11.6 Å². The van der Waals surface area contributed by atoms with Crippen LogP contribution in [0.1, 0.15) is 11.0 Å². The van der Waals surface area contributed by atoms with Crippen molar-refractivity contribution >= 4 is 17.9 Å². The van der Waals surface area contributed by atoms with Gasteiger partial charge in [-0.25, -0.2) is 4.79 Å². The molecule has 0 heterocycles. The molecule has 70 valence electrons. The highest BCUT2D eigenvalue weighted by Crippen LogP contribution is 2.27. The molecular weight excluding hydrogens is 188 g/mol. The summed E-state index contributed by atoms with van der Waals surface area (Å²) in [5.74, 6) is 0. The van der Waals surface area contributed by atoms with Crippen LogP contribution in [0.25, 0.3) is 0 Å². The maximum Gasteiger partial charge on any atom is 0.507 e. The summed E-state index contributed by atoms with van der Waals surface area (Å²) in [7, 11) is 0. The summed E-state index contributed by atoms with van der Waals surface area (Å²) >= 11 is 1.35. The molecule has 1 unspecified atom stereocenters. The van der Waals surface area contributed by atoms with Crippen molar-refractivity contribution in [3.8, 4) is 0 Å². The van der Waals surface area contributed by atoms with Gasteiger partial charge < -0.3 is 9.84 Å². The van der Waals surface area contributed by atoms with Gasteiger partial charge in [0.05, 0.1) is 0 Å². The van der Waals surface area contributed by atoms with Crippen LogP contribution in [0.3, 0.4) is 0 Å². The Kier molecular flexibility index (Phi) is 3.64. The lowest BCUT2D eigenvalue weighted by atomic mass is 10.2. The van der Waals surface area contributed by atoms with Crippen molar-refractivity contribution in [2.24, 2.45) is 0 Å². The normalized spacial score (nSPS) is 12.1. The van der Waals surface area contributed by atoms with E-state index in [4.69, 9.17) is 5.11 Å². The van der Waals surface area contributed by atoms with Crippen molar-refractivity contribution in [1.29, 1.82) is 0 Å². The van der Waals surface area contributed by atoms with Crippen LogP contribution in [0.5, 0.6) is 0 Å². The largest absolute Gasteiger partial charge is 0.507 e. The van der Waals surface area contributed by atoms with Gasteiger partial charge in [-0.1, -0.05) is 30.3 Å². The van der Waals surface area contributed by atoms with Gasteiger partial charge in [0.2, 0.25) is 0 Å². The van der Waals surface area contributed by atoms with Crippen LogP contribution >= 0.6 is 11.8 Å². The number of hydrogen-bond donors (Lipinski definition) is 1. The first-order valence-corrected chi connectivity index (χ1v) is 5.00. The van der Waals surface area contributed by atoms with Crippen molar-refractivity contribution in [2.45, 2.75) is 5.44 Å². The average molecular weight is 198 g/mol. The van der Waals surface area contributed by atoms with Crippen molar-refractivity contribution in [3.63, 3.8) is 0 Å². The number of hydrogen-bond acceptors (Lipinski definition) is 3. The van der Waals surface area contributed by atoms with Crippen LogP contribution in [0.4, 0.5) is 4.79 Å². The Hall–Kier alpha value is -1.16. The van der Waals surface area contributed by atoms with Gasteiger partial charge in [-0.2, -0.15) is 0 Å². The first-order chi connectivity index (χ1) is 6.24. The second-order valence-electron chi connectivity index (χ2n) is 2.36. The molecule has 13 heavy (non-hydrogen) atoms. The fourth-order valence-electron chi connectivity index (χ4n) is 0.954. The second kappa shape index (κ2) is 4.77. The van der Waals surface area contributed by atoms with Gasteiger partial charge >= 0.3 is 6.16 Å². The summed E-state index contributed by atoms with van der Waals surface area (Å²) in [6.45, 7) is 0. The number of benzene rings is 1. The van der Waals surface area contributed by atoms with E-state index >= 15 is 0 Å². The molecule has 1 aromatic rings. The van der Waals surface area contributed by atoms with Crippen LogP contribution in [-0.4, -0.2) is 17.5 Å². The summed E-state index contributed by atoms with van der Waals surface area (Å²) < 4.78 is 4.67. The molecule has 0 aliphatic rings. The van der Waals surface area contributed by atoms with Gasteiger partial charge in [0, 0.05) is 5.56 Å². The highest BCUT2D eigenvalue weighted by Gasteiger charge is 2.13. The van der Waals surface area contributed by atoms with Crippen molar-refractivity contribution in [3.05, 3.63) is 35.9 Å². The third kappa shape index (κ3) is 2.99. The standard InChI is InChI=1S/C9H10O3S/c1-13-8(12-9(10)11)7-5-3-2-4-6-7/h2-6,8H,1H3,(H,10,11). The van der Waals surface area contributed by atoms with Gasteiger partial charge in [-0.3, -0.25) is 0 Å². The minimum absolute atomic E-state index is 0.432. The van der Waals surface area contributed by atoms with Gasteiger partial charge in [0.25, 0.3) is 0 Å². The SMILES string of the molecule is CSC(OC(=O)O)c1ccccc1. The zero-order chi connectivity index (χ0) is 9.68.